The summed E-state index contributed by atoms with van der Waals surface area (Å²) in [5.74, 6) is -1.19. The summed E-state index contributed by atoms with van der Waals surface area (Å²) < 4.78 is 43.0. The molecule has 2 aromatic rings. The predicted octanol–water partition coefficient (Wildman–Crippen LogP) is 1.48. The molecule has 33 heavy (non-hydrogen) atoms. The van der Waals surface area contributed by atoms with Crippen molar-refractivity contribution in [2.45, 2.75) is 24.2 Å². The fourth-order valence-electron chi connectivity index (χ4n) is 3.84. The SMILES string of the molecule is O=C(COC(=O)c1cc(S(=O)(=O)N2CCCCC2)ccc1N1CCOCC1)Nc1ccon1. The number of carbonyl (C=O) groups is 2. The van der Waals surface area contributed by atoms with E-state index in [0.29, 0.717) is 45.1 Å². The molecule has 2 saturated heterocycles. The number of ether oxygens (including phenoxy) is 2. The molecule has 0 radical (unpaired) electrons. The van der Waals surface area contributed by atoms with Crippen molar-refractivity contribution in [3.63, 3.8) is 0 Å². The van der Waals surface area contributed by atoms with Crippen molar-refractivity contribution in [2.75, 3.05) is 56.2 Å². The van der Waals surface area contributed by atoms with Crippen LogP contribution in [0.4, 0.5) is 11.5 Å². The number of nitrogens with zero attached hydrogens (tertiary/aromatic N) is 3. The van der Waals surface area contributed by atoms with Gasteiger partial charge in [-0.15, -0.1) is 0 Å². The van der Waals surface area contributed by atoms with Crippen LogP contribution in [0.15, 0.2) is 39.9 Å². The highest BCUT2D eigenvalue weighted by Gasteiger charge is 2.29. The average molecular weight is 479 g/mol. The van der Waals surface area contributed by atoms with Crippen LogP contribution in [0, 0.1) is 0 Å². The van der Waals surface area contributed by atoms with Gasteiger partial charge < -0.3 is 24.2 Å². The van der Waals surface area contributed by atoms with E-state index < -0.39 is 28.5 Å². The molecule has 1 aromatic carbocycles. The summed E-state index contributed by atoms with van der Waals surface area (Å²) in [4.78, 5) is 27.0. The largest absolute Gasteiger partial charge is 0.452 e. The van der Waals surface area contributed by atoms with Crippen LogP contribution in [-0.4, -0.2) is 75.8 Å². The Kier molecular flexibility index (Phi) is 7.26. The quantitative estimate of drug-likeness (QED) is 0.588. The van der Waals surface area contributed by atoms with Crippen molar-refractivity contribution >= 4 is 33.4 Å². The zero-order chi connectivity index (χ0) is 23.3. The van der Waals surface area contributed by atoms with Crippen LogP contribution in [0.1, 0.15) is 29.6 Å². The number of morpholine rings is 1. The first-order valence-electron chi connectivity index (χ1n) is 10.8. The van der Waals surface area contributed by atoms with Crippen molar-refractivity contribution in [3.8, 4) is 0 Å². The third kappa shape index (κ3) is 5.52. The van der Waals surface area contributed by atoms with E-state index in [-0.39, 0.29) is 16.3 Å². The van der Waals surface area contributed by atoms with Gasteiger partial charge in [-0.3, -0.25) is 4.79 Å². The highest BCUT2D eigenvalue weighted by atomic mass is 32.2. The topological polar surface area (TPSA) is 131 Å². The molecule has 0 saturated carbocycles. The van der Waals surface area contributed by atoms with Crippen molar-refractivity contribution < 1.29 is 32.0 Å². The lowest BCUT2D eigenvalue weighted by molar-refractivity contribution is -0.119. The molecule has 12 heteroatoms. The molecule has 2 aliphatic heterocycles. The highest BCUT2D eigenvalue weighted by Crippen LogP contribution is 2.28. The molecule has 11 nitrogen and oxygen atoms in total. The van der Waals surface area contributed by atoms with Crippen molar-refractivity contribution in [3.05, 3.63) is 36.1 Å². The van der Waals surface area contributed by atoms with E-state index in [1.54, 1.807) is 6.07 Å². The number of rotatable bonds is 7. The van der Waals surface area contributed by atoms with Crippen molar-refractivity contribution in [2.24, 2.45) is 0 Å². The Bertz CT molecular complexity index is 1080. The average Bonchev–Trinajstić information content (AvgIpc) is 3.36. The summed E-state index contributed by atoms with van der Waals surface area (Å²) >= 11 is 0. The number of carbonyl (C=O) groups excluding carboxylic acids is 2. The van der Waals surface area contributed by atoms with Crippen LogP contribution in [0.5, 0.6) is 0 Å². The molecule has 1 aromatic heterocycles. The molecular formula is C21H26N4O7S. The second-order valence-electron chi connectivity index (χ2n) is 7.75. The fraction of sp³-hybridized carbons (Fsp3) is 0.476. The van der Waals surface area contributed by atoms with Gasteiger partial charge in [-0.1, -0.05) is 11.6 Å². The molecule has 178 valence electrons. The second kappa shape index (κ2) is 10.3. The molecule has 2 fully saturated rings. The molecule has 0 spiro atoms. The summed E-state index contributed by atoms with van der Waals surface area (Å²) in [7, 11) is -3.75. The lowest BCUT2D eigenvalue weighted by Gasteiger charge is -2.31. The number of amides is 1. The lowest BCUT2D eigenvalue weighted by Crippen LogP contribution is -2.38. The minimum atomic E-state index is -3.75. The zero-order valence-electron chi connectivity index (χ0n) is 18.1. The first-order valence-corrected chi connectivity index (χ1v) is 12.2. The molecule has 0 unspecified atom stereocenters. The van der Waals surface area contributed by atoms with Crippen LogP contribution >= 0.6 is 0 Å². The maximum Gasteiger partial charge on any atom is 0.340 e. The van der Waals surface area contributed by atoms with E-state index in [1.807, 2.05) is 4.90 Å². The molecule has 2 aliphatic rings. The number of hydrogen-bond donors (Lipinski definition) is 1. The van der Waals surface area contributed by atoms with E-state index in [9.17, 15) is 18.0 Å². The van der Waals surface area contributed by atoms with Gasteiger partial charge in [0.1, 0.15) is 6.26 Å². The van der Waals surface area contributed by atoms with Crippen LogP contribution in [0.25, 0.3) is 0 Å². The second-order valence-corrected chi connectivity index (χ2v) is 9.69. The first kappa shape index (κ1) is 23.2. The van der Waals surface area contributed by atoms with Gasteiger partial charge >= 0.3 is 5.97 Å². The minimum absolute atomic E-state index is 0.0282. The third-order valence-corrected chi connectivity index (χ3v) is 7.43. The number of esters is 1. The number of sulfonamides is 1. The molecule has 0 aliphatic carbocycles. The molecule has 4 rings (SSSR count). The molecule has 0 atom stereocenters. The van der Waals surface area contributed by atoms with Crippen LogP contribution in [0.2, 0.25) is 0 Å². The normalized spacial score (nSPS) is 17.5. The number of aromatic nitrogens is 1. The Labute approximate surface area is 191 Å². The smallest absolute Gasteiger partial charge is 0.340 e. The fourth-order valence-corrected chi connectivity index (χ4v) is 5.38. The van der Waals surface area contributed by atoms with Crippen LogP contribution < -0.4 is 10.2 Å². The summed E-state index contributed by atoms with van der Waals surface area (Å²) in [6, 6.07) is 5.93. The number of piperidine rings is 1. The van der Waals surface area contributed by atoms with Gasteiger partial charge in [0, 0.05) is 32.2 Å². The van der Waals surface area contributed by atoms with Gasteiger partial charge in [-0.25, -0.2) is 13.2 Å². The van der Waals surface area contributed by atoms with Gasteiger partial charge in [0.05, 0.1) is 29.4 Å². The van der Waals surface area contributed by atoms with E-state index in [2.05, 4.69) is 15.0 Å². The minimum Gasteiger partial charge on any atom is -0.452 e. The summed E-state index contributed by atoms with van der Waals surface area (Å²) in [6.07, 6.45) is 3.90. The van der Waals surface area contributed by atoms with E-state index in [1.165, 1.54) is 28.8 Å². The van der Waals surface area contributed by atoms with Crippen molar-refractivity contribution in [1.82, 2.24) is 9.46 Å². The Morgan fingerprint density at radius 3 is 2.52 bits per heavy atom. The van der Waals surface area contributed by atoms with Gasteiger partial charge in [0.25, 0.3) is 5.91 Å². The maximum absolute atomic E-state index is 13.2. The van der Waals surface area contributed by atoms with E-state index in [0.717, 1.165) is 19.3 Å². The lowest BCUT2D eigenvalue weighted by atomic mass is 10.1. The number of hydrogen-bond acceptors (Lipinski definition) is 9. The van der Waals surface area contributed by atoms with Gasteiger partial charge in [0.2, 0.25) is 10.0 Å². The number of nitrogens with one attached hydrogen (secondary N) is 1. The van der Waals surface area contributed by atoms with Gasteiger partial charge in [-0.2, -0.15) is 4.31 Å². The van der Waals surface area contributed by atoms with Crippen LogP contribution in [-0.2, 0) is 24.3 Å². The van der Waals surface area contributed by atoms with Gasteiger partial charge in [0.15, 0.2) is 12.4 Å². The maximum atomic E-state index is 13.2. The Morgan fingerprint density at radius 2 is 1.82 bits per heavy atom. The molecule has 0 bridgehead atoms. The third-order valence-electron chi connectivity index (χ3n) is 5.53. The molecule has 1 amide bonds. The van der Waals surface area contributed by atoms with Crippen molar-refractivity contribution in [1.29, 1.82) is 0 Å². The predicted molar refractivity (Wildman–Crippen MR) is 117 cm³/mol. The molecular weight excluding hydrogens is 452 g/mol. The summed E-state index contributed by atoms with van der Waals surface area (Å²) in [5, 5.41) is 6.00. The molecule has 1 N–H and O–H groups in total. The monoisotopic (exact) mass is 478 g/mol. The van der Waals surface area contributed by atoms with E-state index in [4.69, 9.17) is 9.47 Å². The standard InChI is InChI=1S/C21H26N4O7S/c26-20(22-19-6-11-32-23-19)15-31-21(27)17-14-16(33(28,29)25-7-2-1-3-8-25)4-5-18(17)24-9-12-30-13-10-24/h4-6,11,14H,1-3,7-10,12-13,15H2,(H,22,23,26). The number of anilines is 2. The summed E-state index contributed by atoms with van der Waals surface area (Å²) in [6.45, 7) is 2.42. The van der Waals surface area contributed by atoms with Crippen LogP contribution in [0.3, 0.4) is 0 Å². The Morgan fingerprint density at radius 1 is 1.06 bits per heavy atom. The highest BCUT2D eigenvalue weighted by molar-refractivity contribution is 7.89. The zero-order valence-corrected chi connectivity index (χ0v) is 18.9. The Balaban J connectivity index is 1.56. The van der Waals surface area contributed by atoms with E-state index >= 15 is 0 Å². The number of benzene rings is 1. The van der Waals surface area contributed by atoms with Gasteiger partial charge in [-0.05, 0) is 31.0 Å². The summed E-state index contributed by atoms with van der Waals surface area (Å²) in [5.41, 5.74) is 0.627. The first-order chi connectivity index (χ1) is 15.9. The molecule has 3 heterocycles. The Hall–Kier alpha value is -2.96.